The third kappa shape index (κ3) is 2.28. The predicted molar refractivity (Wildman–Crippen MR) is 79.7 cm³/mol. The van der Waals surface area contributed by atoms with Crippen molar-refractivity contribution in [2.45, 2.75) is 25.6 Å². The van der Waals surface area contributed by atoms with E-state index in [0.717, 1.165) is 24.2 Å². The molecule has 1 amide bonds. The molecule has 6 nitrogen and oxygen atoms in total. The van der Waals surface area contributed by atoms with E-state index in [1.165, 1.54) is 0 Å². The maximum atomic E-state index is 12.7. The summed E-state index contributed by atoms with van der Waals surface area (Å²) in [5.41, 5.74) is 2.49. The molecule has 2 aromatic rings. The van der Waals surface area contributed by atoms with Gasteiger partial charge in [-0.05, 0) is 19.1 Å². The lowest BCUT2D eigenvalue weighted by Gasteiger charge is -2.37. The van der Waals surface area contributed by atoms with Gasteiger partial charge in [0.15, 0.2) is 5.79 Å². The van der Waals surface area contributed by atoms with Crippen LogP contribution < -0.4 is 0 Å². The summed E-state index contributed by atoms with van der Waals surface area (Å²) in [6.07, 6.45) is 5.26. The molecular formula is C16H19N3O3. The number of aryl methyl sites for hydroxylation is 1. The fourth-order valence-corrected chi connectivity index (χ4v) is 3.26. The lowest BCUT2D eigenvalue weighted by molar-refractivity contribution is -0.181. The Hall–Kier alpha value is -1.92. The van der Waals surface area contributed by atoms with Gasteiger partial charge in [-0.1, -0.05) is 0 Å². The van der Waals surface area contributed by atoms with Gasteiger partial charge in [0.1, 0.15) is 5.65 Å². The highest BCUT2D eigenvalue weighted by Gasteiger charge is 2.40. The molecule has 22 heavy (non-hydrogen) atoms. The Morgan fingerprint density at radius 1 is 1.18 bits per heavy atom. The van der Waals surface area contributed by atoms with E-state index in [1.807, 2.05) is 40.8 Å². The minimum Gasteiger partial charge on any atom is -0.347 e. The highest BCUT2D eigenvalue weighted by atomic mass is 16.7. The van der Waals surface area contributed by atoms with E-state index in [1.54, 1.807) is 0 Å². The summed E-state index contributed by atoms with van der Waals surface area (Å²) >= 11 is 0. The first kappa shape index (κ1) is 13.7. The maximum Gasteiger partial charge on any atom is 0.255 e. The standard InChI is InChI=1S/C16H19N3O3/c1-12-10-19-11-13(2-3-14(19)17-12)15(20)18-6-4-16(5-7-18)21-8-9-22-16/h2-3,10-11H,4-9H2,1H3. The number of amides is 1. The Balaban J connectivity index is 1.51. The van der Waals surface area contributed by atoms with E-state index in [4.69, 9.17) is 9.47 Å². The van der Waals surface area contributed by atoms with Crippen molar-refractivity contribution >= 4 is 11.6 Å². The summed E-state index contributed by atoms with van der Waals surface area (Å²) < 4.78 is 13.3. The Kier molecular flexibility index (Phi) is 3.16. The van der Waals surface area contributed by atoms with Crippen LogP contribution in [0.2, 0.25) is 0 Å². The topological polar surface area (TPSA) is 56.1 Å². The lowest BCUT2D eigenvalue weighted by atomic mass is 10.0. The third-order valence-corrected chi connectivity index (χ3v) is 4.44. The van der Waals surface area contributed by atoms with Crippen LogP contribution in [0.1, 0.15) is 28.9 Å². The number of pyridine rings is 1. The molecular weight excluding hydrogens is 282 g/mol. The number of likely N-dealkylation sites (tertiary alicyclic amines) is 1. The summed E-state index contributed by atoms with van der Waals surface area (Å²) in [7, 11) is 0. The van der Waals surface area contributed by atoms with E-state index >= 15 is 0 Å². The second kappa shape index (κ2) is 5.07. The number of aromatic nitrogens is 2. The third-order valence-electron chi connectivity index (χ3n) is 4.44. The van der Waals surface area contributed by atoms with Gasteiger partial charge in [0.05, 0.1) is 24.5 Å². The van der Waals surface area contributed by atoms with Crippen LogP contribution in [-0.2, 0) is 9.47 Å². The molecule has 2 aliphatic heterocycles. The Labute approximate surface area is 128 Å². The number of piperidine rings is 1. The molecule has 116 valence electrons. The fourth-order valence-electron chi connectivity index (χ4n) is 3.26. The van der Waals surface area contributed by atoms with Crippen LogP contribution in [0.25, 0.3) is 5.65 Å². The smallest absolute Gasteiger partial charge is 0.255 e. The Morgan fingerprint density at radius 3 is 2.64 bits per heavy atom. The molecule has 6 heteroatoms. The maximum absolute atomic E-state index is 12.7. The van der Waals surface area contributed by atoms with Gasteiger partial charge >= 0.3 is 0 Å². The van der Waals surface area contributed by atoms with Gasteiger partial charge in [-0.25, -0.2) is 4.98 Å². The van der Waals surface area contributed by atoms with Gasteiger partial charge < -0.3 is 18.8 Å². The fraction of sp³-hybridized carbons (Fsp3) is 0.500. The molecule has 2 fully saturated rings. The van der Waals surface area contributed by atoms with Crippen molar-refractivity contribution < 1.29 is 14.3 Å². The molecule has 0 unspecified atom stereocenters. The first-order valence-electron chi connectivity index (χ1n) is 7.68. The SMILES string of the molecule is Cc1cn2cc(C(=O)N3CCC4(CC3)OCCO4)ccc2n1. The average molecular weight is 301 g/mol. The number of hydrogen-bond acceptors (Lipinski definition) is 4. The van der Waals surface area contributed by atoms with Crippen LogP contribution in [0.4, 0.5) is 0 Å². The molecule has 1 spiro atoms. The summed E-state index contributed by atoms with van der Waals surface area (Å²) in [6, 6.07) is 3.73. The van der Waals surface area contributed by atoms with E-state index in [-0.39, 0.29) is 5.91 Å². The second-order valence-corrected chi connectivity index (χ2v) is 5.97. The van der Waals surface area contributed by atoms with Gasteiger partial charge in [-0.2, -0.15) is 0 Å². The molecule has 2 aromatic heterocycles. The zero-order valence-corrected chi connectivity index (χ0v) is 12.6. The predicted octanol–water partition coefficient (Wildman–Crippen LogP) is 1.62. The Morgan fingerprint density at radius 2 is 1.91 bits per heavy atom. The lowest BCUT2D eigenvalue weighted by Crippen LogP contribution is -2.47. The van der Waals surface area contributed by atoms with Crippen LogP contribution >= 0.6 is 0 Å². The molecule has 2 aliphatic rings. The highest BCUT2D eigenvalue weighted by molar-refractivity contribution is 5.94. The molecule has 4 rings (SSSR count). The second-order valence-electron chi connectivity index (χ2n) is 5.97. The average Bonchev–Trinajstić information content (AvgIpc) is 3.12. The van der Waals surface area contributed by atoms with Crippen LogP contribution in [0.15, 0.2) is 24.5 Å². The minimum absolute atomic E-state index is 0.0566. The van der Waals surface area contributed by atoms with Crippen molar-refractivity contribution in [1.82, 2.24) is 14.3 Å². The number of carbonyl (C=O) groups is 1. The number of fused-ring (bicyclic) bond motifs is 1. The van der Waals surface area contributed by atoms with Crippen molar-refractivity contribution in [3.63, 3.8) is 0 Å². The molecule has 4 heterocycles. The first-order valence-corrected chi connectivity index (χ1v) is 7.68. The van der Waals surface area contributed by atoms with Gasteiger partial charge in [-0.3, -0.25) is 4.79 Å². The molecule has 0 aromatic carbocycles. The van der Waals surface area contributed by atoms with Crippen molar-refractivity contribution in [1.29, 1.82) is 0 Å². The van der Waals surface area contributed by atoms with Gasteiger partial charge in [0.2, 0.25) is 0 Å². The number of imidazole rings is 1. The van der Waals surface area contributed by atoms with Crippen LogP contribution in [0.5, 0.6) is 0 Å². The summed E-state index contributed by atoms with van der Waals surface area (Å²) in [5.74, 6) is -0.386. The number of rotatable bonds is 1. The highest BCUT2D eigenvalue weighted by Crippen LogP contribution is 2.31. The largest absolute Gasteiger partial charge is 0.347 e. The summed E-state index contributed by atoms with van der Waals surface area (Å²) in [5, 5.41) is 0. The zero-order chi connectivity index (χ0) is 15.2. The molecule has 0 saturated carbocycles. The monoisotopic (exact) mass is 301 g/mol. The number of hydrogen-bond donors (Lipinski definition) is 0. The van der Waals surface area contributed by atoms with E-state index in [9.17, 15) is 4.79 Å². The molecule has 0 bridgehead atoms. The molecule has 2 saturated heterocycles. The quantitative estimate of drug-likeness (QED) is 0.803. The number of carbonyl (C=O) groups excluding carboxylic acids is 1. The minimum atomic E-state index is -0.442. The van der Waals surface area contributed by atoms with Gasteiger partial charge in [0.25, 0.3) is 5.91 Å². The molecule has 0 aliphatic carbocycles. The molecule has 0 atom stereocenters. The number of ether oxygens (including phenoxy) is 2. The normalized spacial score (nSPS) is 20.9. The number of nitrogens with zero attached hydrogens (tertiary/aromatic N) is 3. The van der Waals surface area contributed by atoms with E-state index in [2.05, 4.69) is 4.98 Å². The Bertz CT molecular complexity index is 708. The summed E-state index contributed by atoms with van der Waals surface area (Å²) in [6.45, 7) is 4.59. The van der Waals surface area contributed by atoms with Crippen LogP contribution in [-0.4, -0.2) is 52.3 Å². The van der Waals surface area contributed by atoms with Gasteiger partial charge in [0, 0.05) is 38.3 Å². The van der Waals surface area contributed by atoms with Crippen molar-refractivity contribution in [2.75, 3.05) is 26.3 Å². The van der Waals surface area contributed by atoms with Crippen molar-refractivity contribution in [3.05, 3.63) is 35.8 Å². The van der Waals surface area contributed by atoms with Crippen LogP contribution in [0, 0.1) is 6.92 Å². The van der Waals surface area contributed by atoms with Gasteiger partial charge in [-0.15, -0.1) is 0 Å². The van der Waals surface area contributed by atoms with Crippen molar-refractivity contribution in [2.24, 2.45) is 0 Å². The molecule has 0 radical (unpaired) electrons. The molecule has 0 N–H and O–H groups in total. The first-order chi connectivity index (χ1) is 10.7. The van der Waals surface area contributed by atoms with Crippen LogP contribution in [0.3, 0.4) is 0 Å². The van der Waals surface area contributed by atoms with Crippen molar-refractivity contribution in [3.8, 4) is 0 Å². The van der Waals surface area contributed by atoms with E-state index in [0.29, 0.717) is 31.9 Å². The summed E-state index contributed by atoms with van der Waals surface area (Å²) in [4.78, 5) is 18.9. The van der Waals surface area contributed by atoms with E-state index < -0.39 is 5.79 Å². The zero-order valence-electron chi connectivity index (χ0n) is 12.6.